The first kappa shape index (κ1) is 19.5. The summed E-state index contributed by atoms with van der Waals surface area (Å²) in [6.07, 6.45) is 0.0646. The Hall–Kier alpha value is -1.87. The van der Waals surface area contributed by atoms with Crippen LogP contribution in [-0.2, 0) is 9.59 Å². The first-order valence-corrected chi connectivity index (χ1v) is 5.60. The second kappa shape index (κ2) is 11.2. The fourth-order valence-corrected chi connectivity index (χ4v) is 0.896. The van der Waals surface area contributed by atoms with E-state index >= 15 is 0 Å². The molecule has 9 N–H and O–H groups in total. The molecule has 0 aromatic carbocycles. The molecule has 0 saturated heterocycles. The van der Waals surface area contributed by atoms with E-state index in [-0.39, 0.29) is 12.4 Å². The Labute approximate surface area is 111 Å². The van der Waals surface area contributed by atoms with Gasteiger partial charge in [0.2, 0.25) is 0 Å². The number of nitrogens with zero attached hydrogens (tertiary/aromatic N) is 1. The van der Waals surface area contributed by atoms with Gasteiger partial charge in [0.05, 0.1) is 12.5 Å². The van der Waals surface area contributed by atoms with E-state index in [1.54, 1.807) is 0 Å². The SMILES string of the molecule is C[C@@H](O)CC(=O)O.NC(N)=NCCCC(N)C(=O)O. The number of carbonyl (C=O) groups is 2. The van der Waals surface area contributed by atoms with Crippen molar-refractivity contribution in [2.45, 2.75) is 38.3 Å². The smallest absolute Gasteiger partial charge is 0.320 e. The number of hydrogen-bond donors (Lipinski definition) is 6. The van der Waals surface area contributed by atoms with E-state index in [0.29, 0.717) is 19.4 Å². The number of aliphatic imine (C=N–C) groups is 1. The average Bonchev–Trinajstić information content (AvgIpc) is 2.22. The molecule has 112 valence electrons. The third kappa shape index (κ3) is 18.7. The summed E-state index contributed by atoms with van der Waals surface area (Å²) >= 11 is 0. The summed E-state index contributed by atoms with van der Waals surface area (Å²) in [5, 5.41) is 24.6. The van der Waals surface area contributed by atoms with Gasteiger partial charge in [0.1, 0.15) is 6.04 Å². The van der Waals surface area contributed by atoms with Gasteiger partial charge in [-0.1, -0.05) is 0 Å². The minimum atomic E-state index is -1.00. The number of hydrogen-bond acceptors (Lipinski definition) is 5. The number of carboxylic acids is 2. The summed E-state index contributed by atoms with van der Waals surface area (Å²) in [6, 6.07) is -0.820. The van der Waals surface area contributed by atoms with Gasteiger partial charge in [0.25, 0.3) is 0 Å². The first-order valence-electron chi connectivity index (χ1n) is 5.60. The molecule has 0 aliphatic carbocycles. The molecule has 0 radical (unpaired) electrons. The lowest BCUT2D eigenvalue weighted by Crippen LogP contribution is -2.30. The third-order valence-electron chi connectivity index (χ3n) is 1.75. The van der Waals surface area contributed by atoms with Gasteiger partial charge in [-0.25, -0.2) is 0 Å². The number of guanidine groups is 1. The summed E-state index contributed by atoms with van der Waals surface area (Å²) in [5.74, 6) is -1.95. The Kier molecular flexibility index (Phi) is 11.5. The van der Waals surface area contributed by atoms with E-state index in [1.807, 2.05) is 0 Å². The molecule has 9 heteroatoms. The molecule has 1 unspecified atom stereocenters. The number of aliphatic carboxylic acids is 2. The molecule has 0 aliphatic rings. The molecular weight excluding hydrogens is 256 g/mol. The molecule has 0 rings (SSSR count). The molecule has 0 aromatic rings. The van der Waals surface area contributed by atoms with Crippen LogP contribution in [-0.4, -0.2) is 51.9 Å². The topological polar surface area (TPSA) is 185 Å². The number of aliphatic hydroxyl groups excluding tert-OH is 1. The lowest BCUT2D eigenvalue weighted by molar-refractivity contribution is -0.139. The zero-order valence-electron chi connectivity index (χ0n) is 10.8. The van der Waals surface area contributed by atoms with Crippen molar-refractivity contribution in [1.82, 2.24) is 0 Å². The molecule has 0 amide bonds. The molecule has 0 bridgehead atoms. The van der Waals surface area contributed by atoms with E-state index in [9.17, 15) is 9.59 Å². The number of carboxylic acid groups (broad SMARTS) is 2. The second-order valence-corrected chi connectivity index (χ2v) is 3.84. The Balaban J connectivity index is 0. The normalized spacial score (nSPS) is 12.6. The zero-order valence-corrected chi connectivity index (χ0v) is 10.8. The van der Waals surface area contributed by atoms with Crippen LogP contribution in [0.15, 0.2) is 4.99 Å². The van der Waals surface area contributed by atoms with Crippen LogP contribution in [0.5, 0.6) is 0 Å². The number of rotatable bonds is 7. The van der Waals surface area contributed by atoms with E-state index in [2.05, 4.69) is 4.99 Å². The highest BCUT2D eigenvalue weighted by Crippen LogP contribution is 1.94. The molecule has 0 heterocycles. The highest BCUT2D eigenvalue weighted by Gasteiger charge is 2.09. The Morgan fingerprint density at radius 1 is 1.26 bits per heavy atom. The molecule has 19 heavy (non-hydrogen) atoms. The molecule has 0 spiro atoms. The van der Waals surface area contributed by atoms with Crippen LogP contribution in [0.3, 0.4) is 0 Å². The van der Waals surface area contributed by atoms with Crippen molar-refractivity contribution in [3.8, 4) is 0 Å². The summed E-state index contributed by atoms with van der Waals surface area (Å²) in [6.45, 7) is 1.86. The molecular formula is C10H22N4O5. The fraction of sp³-hybridized carbons (Fsp3) is 0.700. The van der Waals surface area contributed by atoms with Crippen molar-refractivity contribution in [2.24, 2.45) is 22.2 Å². The number of aliphatic hydroxyl groups is 1. The predicted octanol–water partition coefficient (Wildman–Crippen LogP) is -1.71. The van der Waals surface area contributed by atoms with Gasteiger partial charge in [-0.15, -0.1) is 0 Å². The van der Waals surface area contributed by atoms with Gasteiger partial charge in [-0.2, -0.15) is 0 Å². The van der Waals surface area contributed by atoms with Gasteiger partial charge in [-0.3, -0.25) is 14.6 Å². The predicted molar refractivity (Wildman–Crippen MR) is 69.5 cm³/mol. The monoisotopic (exact) mass is 278 g/mol. The van der Waals surface area contributed by atoms with Crippen molar-refractivity contribution in [3.63, 3.8) is 0 Å². The van der Waals surface area contributed by atoms with E-state index in [4.69, 9.17) is 32.5 Å². The third-order valence-corrected chi connectivity index (χ3v) is 1.75. The maximum atomic E-state index is 10.2. The molecule has 0 fully saturated rings. The van der Waals surface area contributed by atoms with E-state index < -0.39 is 24.1 Å². The lowest BCUT2D eigenvalue weighted by Gasteiger charge is -2.03. The van der Waals surface area contributed by atoms with Crippen LogP contribution >= 0.6 is 0 Å². The standard InChI is InChI=1S/C6H14N4O2.C4H8O3/c7-4(5(11)12)2-1-3-10-6(8)9;1-3(5)2-4(6)7/h4H,1-3,7H2,(H,11,12)(H4,8,9,10);3,5H,2H2,1H3,(H,6,7)/t;3-/m.1/s1. The van der Waals surface area contributed by atoms with Crippen molar-refractivity contribution >= 4 is 17.9 Å². The quantitative estimate of drug-likeness (QED) is 0.180. The maximum Gasteiger partial charge on any atom is 0.320 e. The van der Waals surface area contributed by atoms with Crippen LogP contribution in [0.25, 0.3) is 0 Å². The maximum absolute atomic E-state index is 10.2. The fourth-order valence-electron chi connectivity index (χ4n) is 0.896. The van der Waals surface area contributed by atoms with Gasteiger partial charge >= 0.3 is 11.9 Å². The van der Waals surface area contributed by atoms with Gasteiger partial charge in [0.15, 0.2) is 5.96 Å². The minimum Gasteiger partial charge on any atom is -0.481 e. The van der Waals surface area contributed by atoms with Crippen LogP contribution in [0.4, 0.5) is 0 Å². The first-order chi connectivity index (χ1) is 8.66. The molecule has 0 aliphatic heterocycles. The summed E-state index contributed by atoms with van der Waals surface area (Å²) < 4.78 is 0. The van der Waals surface area contributed by atoms with Gasteiger partial charge in [0, 0.05) is 6.54 Å². The minimum absolute atomic E-state index is 0.0129. The number of nitrogens with two attached hydrogens (primary N) is 3. The second-order valence-electron chi connectivity index (χ2n) is 3.84. The van der Waals surface area contributed by atoms with Crippen molar-refractivity contribution in [3.05, 3.63) is 0 Å². The molecule has 9 nitrogen and oxygen atoms in total. The van der Waals surface area contributed by atoms with Gasteiger partial charge < -0.3 is 32.5 Å². The van der Waals surface area contributed by atoms with Crippen LogP contribution in [0.2, 0.25) is 0 Å². The Bertz CT molecular complexity index is 302. The summed E-state index contributed by atoms with van der Waals surface area (Å²) in [4.78, 5) is 23.5. The van der Waals surface area contributed by atoms with Crippen molar-refractivity contribution in [2.75, 3.05) is 6.54 Å². The highest BCUT2D eigenvalue weighted by molar-refractivity contribution is 5.75. The average molecular weight is 278 g/mol. The van der Waals surface area contributed by atoms with Gasteiger partial charge in [-0.05, 0) is 19.8 Å². The molecule has 2 atom stereocenters. The van der Waals surface area contributed by atoms with Crippen LogP contribution in [0, 0.1) is 0 Å². The van der Waals surface area contributed by atoms with Crippen LogP contribution in [0.1, 0.15) is 26.2 Å². The van der Waals surface area contributed by atoms with E-state index in [0.717, 1.165) is 0 Å². The Morgan fingerprint density at radius 3 is 2.05 bits per heavy atom. The summed E-state index contributed by atoms with van der Waals surface area (Å²) in [7, 11) is 0. The lowest BCUT2D eigenvalue weighted by atomic mass is 10.2. The van der Waals surface area contributed by atoms with E-state index in [1.165, 1.54) is 6.92 Å². The molecule has 0 aromatic heterocycles. The largest absolute Gasteiger partial charge is 0.481 e. The summed E-state index contributed by atoms with van der Waals surface area (Å²) in [5.41, 5.74) is 15.3. The Morgan fingerprint density at radius 2 is 1.79 bits per heavy atom. The van der Waals surface area contributed by atoms with Crippen LogP contribution < -0.4 is 17.2 Å². The zero-order chi connectivity index (χ0) is 15.4. The van der Waals surface area contributed by atoms with Crippen molar-refractivity contribution in [1.29, 1.82) is 0 Å². The molecule has 0 saturated carbocycles. The highest BCUT2D eigenvalue weighted by atomic mass is 16.4. The van der Waals surface area contributed by atoms with Crippen molar-refractivity contribution < 1.29 is 24.9 Å².